The standard InChI is InChI=1S/C8H7N5O/c1-4-2-5-6-7(12-8(14)11-5)9-3-10-13(4)6/h2-3H,1H3,(H2,9,10,11,12,14). The van der Waals surface area contributed by atoms with Gasteiger partial charge >= 0.3 is 5.69 Å². The maximum absolute atomic E-state index is 11.1. The summed E-state index contributed by atoms with van der Waals surface area (Å²) < 4.78 is 1.83. The van der Waals surface area contributed by atoms with E-state index in [-0.39, 0.29) is 5.69 Å². The minimum Gasteiger partial charge on any atom is -0.304 e. The lowest BCUT2D eigenvalue weighted by atomic mass is 10.4. The summed E-state index contributed by atoms with van der Waals surface area (Å²) in [5.41, 5.74) is 5.14. The van der Waals surface area contributed by atoms with Crippen LogP contribution in [0.5, 0.6) is 0 Å². The van der Waals surface area contributed by atoms with Crippen molar-refractivity contribution in [2.24, 2.45) is 4.99 Å². The zero-order valence-corrected chi connectivity index (χ0v) is 7.40. The third-order valence-corrected chi connectivity index (χ3v) is 2.22. The van der Waals surface area contributed by atoms with Gasteiger partial charge in [0.1, 0.15) is 11.9 Å². The van der Waals surface area contributed by atoms with Crippen molar-refractivity contribution < 1.29 is 0 Å². The number of H-pyrrole nitrogens is 1. The Morgan fingerprint density at radius 3 is 3.21 bits per heavy atom. The number of aliphatic imine (C=N–C) groups is 1. The summed E-state index contributed by atoms with van der Waals surface area (Å²) >= 11 is 0. The predicted octanol–water partition coefficient (Wildman–Crippen LogP) is 0.250. The predicted molar refractivity (Wildman–Crippen MR) is 52.6 cm³/mol. The Hall–Kier alpha value is -2.11. The summed E-state index contributed by atoms with van der Waals surface area (Å²) in [4.78, 5) is 21.6. The molecule has 0 amide bonds. The number of aromatic nitrogens is 3. The van der Waals surface area contributed by atoms with Gasteiger partial charge in [-0.25, -0.2) is 9.79 Å². The Kier molecular flexibility index (Phi) is 1.16. The molecule has 2 aromatic heterocycles. The van der Waals surface area contributed by atoms with E-state index in [2.05, 4.69) is 20.4 Å². The van der Waals surface area contributed by atoms with Crippen LogP contribution in [0.2, 0.25) is 0 Å². The van der Waals surface area contributed by atoms with Crippen LogP contribution in [0, 0.1) is 6.92 Å². The molecular formula is C8H7N5O. The Bertz CT molecular complexity index is 606. The Morgan fingerprint density at radius 2 is 2.36 bits per heavy atom. The van der Waals surface area contributed by atoms with Crippen molar-refractivity contribution in [1.29, 1.82) is 0 Å². The quantitative estimate of drug-likeness (QED) is 0.623. The molecule has 14 heavy (non-hydrogen) atoms. The van der Waals surface area contributed by atoms with Crippen molar-refractivity contribution in [2.75, 3.05) is 5.43 Å². The highest BCUT2D eigenvalue weighted by molar-refractivity contribution is 5.91. The third kappa shape index (κ3) is 0.769. The first kappa shape index (κ1) is 7.31. The Balaban J connectivity index is 2.60. The number of nitrogens with zero attached hydrogens (tertiary/aromatic N) is 3. The van der Waals surface area contributed by atoms with Gasteiger partial charge in [-0.3, -0.25) is 10.1 Å². The van der Waals surface area contributed by atoms with E-state index in [0.717, 1.165) is 16.7 Å². The van der Waals surface area contributed by atoms with Gasteiger partial charge in [0.15, 0.2) is 5.82 Å². The molecule has 3 heterocycles. The van der Waals surface area contributed by atoms with E-state index in [4.69, 9.17) is 0 Å². The van der Waals surface area contributed by atoms with Crippen molar-refractivity contribution in [3.05, 3.63) is 22.2 Å². The summed E-state index contributed by atoms with van der Waals surface area (Å²) in [6.07, 6.45) is 1.52. The van der Waals surface area contributed by atoms with Gasteiger partial charge in [-0.15, -0.1) is 0 Å². The largest absolute Gasteiger partial charge is 0.347 e. The number of aryl methyl sites for hydroxylation is 1. The molecule has 0 spiro atoms. The zero-order valence-electron chi connectivity index (χ0n) is 7.40. The van der Waals surface area contributed by atoms with Crippen LogP contribution >= 0.6 is 0 Å². The average molecular weight is 189 g/mol. The van der Waals surface area contributed by atoms with Crippen LogP contribution in [0.4, 0.5) is 5.82 Å². The summed E-state index contributed by atoms with van der Waals surface area (Å²) in [7, 11) is 0. The average Bonchev–Trinajstić information content (AvgIpc) is 2.45. The second kappa shape index (κ2) is 2.22. The van der Waals surface area contributed by atoms with Gasteiger partial charge in [0.05, 0.1) is 5.52 Å². The van der Waals surface area contributed by atoms with Gasteiger partial charge in [0, 0.05) is 5.69 Å². The number of hydrogen-bond acceptors (Lipinski definition) is 4. The lowest BCUT2D eigenvalue weighted by Crippen LogP contribution is -2.19. The minimum absolute atomic E-state index is 0.372. The van der Waals surface area contributed by atoms with Crippen molar-refractivity contribution >= 4 is 23.2 Å². The molecule has 1 aliphatic rings. The molecule has 70 valence electrons. The molecule has 0 fully saturated rings. The molecule has 0 atom stereocenters. The van der Waals surface area contributed by atoms with E-state index >= 15 is 0 Å². The summed E-state index contributed by atoms with van der Waals surface area (Å²) in [6, 6.07) is 1.88. The molecule has 6 nitrogen and oxygen atoms in total. The van der Waals surface area contributed by atoms with E-state index in [1.807, 2.05) is 17.7 Å². The number of hydrogen-bond donors (Lipinski definition) is 2. The molecule has 0 bridgehead atoms. The van der Waals surface area contributed by atoms with Crippen LogP contribution in [0.3, 0.4) is 0 Å². The summed E-state index contributed by atoms with van der Waals surface area (Å²) in [5.74, 6) is 0.454. The number of nitrogens with one attached hydrogen (secondary N) is 2. The van der Waals surface area contributed by atoms with Crippen LogP contribution in [-0.2, 0) is 0 Å². The van der Waals surface area contributed by atoms with E-state index in [1.165, 1.54) is 6.34 Å². The summed E-state index contributed by atoms with van der Waals surface area (Å²) in [5, 5.41) is 0. The molecule has 1 aliphatic heterocycles. The van der Waals surface area contributed by atoms with Crippen molar-refractivity contribution in [2.45, 2.75) is 6.92 Å². The molecule has 0 saturated heterocycles. The SMILES string of the molecule is Cc1cc2[nH]c(=O)nc3c2n1NC=N3. The topological polar surface area (TPSA) is 75.1 Å². The smallest absolute Gasteiger partial charge is 0.304 e. The van der Waals surface area contributed by atoms with Crippen molar-refractivity contribution in [1.82, 2.24) is 14.6 Å². The van der Waals surface area contributed by atoms with E-state index in [0.29, 0.717) is 5.82 Å². The molecule has 0 aliphatic carbocycles. The van der Waals surface area contributed by atoms with Crippen molar-refractivity contribution in [3.8, 4) is 0 Å². The molecule has 2 aromatic rings. The van der Waals surface area contributed by atoms with Crippen LogP contribution in [-0.4, -0.2) is 21.0 Å². The van der Waals surface area contributed by atoms with Crippen LogP contribution in [0.1, 0.15) is 5.69 Å². The molecule has 0 unspecified atom stereocenters. The maximum atomic E-state index is 11.1. The summed E-state index contributed by atoms with van der Waals surface area (Å²) in [6.45, 7) is 1.94. The van der Waals surface area contributed by atoms with Gasteiger partial charge < -0.3 is 4.98 Å². The first-order valence-electron chi connectivity index (χ1n) is 4.17. The maximum Gasteiger partial charge on any atom is 0.347 e. The van der Waals surface area contributed by atoms with Crippen LogP contribution < -0.4 is 11.1 Å². The van der Waals surface area contributed by atoms with E-state index < -0.39 is 0 Å². The van der Waals surface area contributed by atoms with Gasteiger partial charge in [0.2, 0.25) is 0 Å². The van der Waals surface area contributed by atoms with Gasteiger partial charge in [0.25, 0.3) is 0 Å². The molecule has 0 saturated carbocycles. The Morgan fingerprint density at radius 1 is 1.50 bits per heavy atom. The second-order valence-electron chi connectivity index (χ2n) is 3.14. The fraction of sp³-hybridized carbons (Fsp3) is 0.125. The lowest BCUT2D eigenvalue weighted by Gasteiger charge is -2.11. The van der Waals surface area contributed by atoms with E-state index in [1.54, 1.807) is 0 Å². The van der Waals surface area contributed by atoms with Crippen LogP contribution in [0.15, 0.2) is 15.9 Å². The normalized spacial score (nSPS) is 13.2. The van der Waals surface area contributed by atoms with Crippen LogP contribution in [0.25, 0.3) is 11.0 Å². The monoisotopic (exact) mass is 189 g/mol. The molecule has 0 radical (unpaired) electrons. The molecule has 3 rings (SSSR count). The zero-order chi connectivity index (χ0) is 9.71. The van der Waals surface area contributed by atoms with Gasteiger partial charge in [-0.05, 0) is 13.0 Å². The first-order chi connectivity index (χ1) is 6.75. The minimum atomic E-state index is -0.372. The lowest BCUT2D eigenvalue weighted by molar-refractivity contribution is 0.958. The van der Waals surface area contributed by atoms with Gasteiger partial charge in [-0.2, -0.15) is 4.98 Å². The number of rotatable bonds is 0. The highest BCUT2D eigenvalue weighted by Crippen LogP contribution is 2.24. The van der Waals surface area contributed by atoms with Crippen molar-refractivity contribution in [3.63, 3.8) is 0 Å². The molecule has 2 N–H and O–H groups in total. The fourth-order valence-corrected chi connectivity index (χ4v) is 1.65. The second-order valence-corrected chi connectivity index (χ2v) is 3.14. The third-order valence-electron chi connectivity index (χ3n) is 2.22. The first-order valence-corrected chi connectivity index (χ1v) is 4.17. The highest BCUT2D eigenvalue weighted by Gasteiger charge is 2.14. The Labute approximate surface area is 78.3 Å². The van der Waals surface area contributed by atoms with E-state index in [9.17, 15) is 4.79 Å². The fourth-order valence-electron chi connectivity index (χ4n) is 1.65. The molecule has 0 aromatic carbocycles. The molecular weight excluding hydrogens is 182 g/mol. The van der Waals surface area contributed by atoms with Gasteiger partial charge in [-0.1, -0.05) is 0 Å². The number of aromatic amines is 1. The highest BCUT2D eigenvalue weighted by atomic mass is 16.1. The molecule has 6 heteroatoms.